The summed E-state index contributed by atoms with van der Waals surface area (Å²) in [6.45, 7) is 11.3. The third kappa shape index (κ3) is 6.51. The summed E-state index contributed by atoms with van der Waals surface area (Å²) in [4.78, 5) is 9.06. The van der Waals surface area contributed by atoms with Crippen molar-refractivity contribution in [1.29, 1.82) is 0 Å². The van der Waals surface area contributed by atoms with E-state index in [9.17, 15) is 13.2 Å². The molecule has 0 amide bonds. The van der Waals surface area contributed by atoms with E-state index in [4.69, 9.17) is 4.52 Å². The Bertz CT molecular complexity index is 549. The highest BCUT2D eigenvalue weighted by Gasteiger charge is 2.29. The van der Waals surface area contributed by atoms with Gasteiger partial charge in [-0.15, -0.1) is 0 Å². The van der Waals surface area contributed by atoms with Crippen LogP contribution in [-0.2, 0) is 10.2 Å². The number of aromatic nitrogens is 2. The van der Waals surface area contributed by atoms with Crippen LogP contribution in [0.2, 0.25) is 0 Å². The van der Waals surface area contributed by atoms with Crippen LogP contribution in [0.3, 0.4) is 0 Å². The lowest BCUT2D eigenvalue weighted by Gasteiger charge is -2.36. The summed E-state index contributed by atoms with van der Waals surface area (Å²) in [6.07, 6.45) is -3.65. The van der Waals surface area contributed by atoms with Crippen LogP contribution < -0.4 is 0 Å². The minimum Gasteiger partial charge on any atom is -0.372 e. The molecule has 0 aliphatic carbocycles. The number of nitrogens with zero attached hydrogens (tertiary/aromatic N) is 4. The summed E-state index contributed by atoms with van der Waals surface area (Å²) in [5, 5.41) is 4.08. The molecule has 150 valence electrons. The van der Waals surface area contributed by atoms with Crippen LogP contribution >= 0.6 is 0 Å². The minimum absolute atomic E-state index is 0.0517. The van der Waals surface area contributed by atoms with E-state index >= 15 is 0 Å². The molecule has 26 heavy (non-hydrogen) atoms. The lowest BCUT2D eigenvalue weighted by atomic mass is 9.96. The smallest absolute Gasteiger partial charge is 0.372 e. The fourth-order valence-corrected chi connectivity index (χ4v) is 2.82. The normalized spacial score (nSPS) is 19.0. The molecule has 9 heteroatoms. The topological polar surface area (TPSA) is 54.6 Å². The van der Waals surface area contributed by atoms with Gasteiger partial charge in [0.2, 0.25) is 5.89 Å². The molecule has 0 aromatic carbocycles. The molecule has 0 N–H and O–H groups in total. The predicted octanol–water partition coefficient (Wildman–Crippen LogP) is 3.01. The molecule has 2 heterocycles. The van der Waals surface area contributed by atoms with Crippen molar-refractivity contribution in [3.05, 3.63) is 11.7 Å². The van der Waals surface area contributed by atoms with Gasteiger partial charge in [0.05, 0.1) is 6.04 Å². The monoisotopic (exact) mass is 378 g/mol. The van der Waals surface area contributed by atoms with Gasteiger partial charge < -0.3 is 14.2 Å². The first kappa shape index (κ1) is 21.1. The predicted molar refractivity (Wildman–Crippen MR) is 90.9 cm³/mol. The van der Waals surface area contributed by atoms with E-state index in [2.05, 4.69) is 31.6 Å². The van der Waals surface area contributed by atoms with E-state index in [0.29, 0.717) is 18.1 Å². The Hall–Kier alpha value is -1.19. The number of hydrogen-bond donors (Lipinski definition) is 0. The van der Waals surface area contributed by atoms with Crippen molar-refractivity contribution in [2.75, 3.05) is 45.9 Å². The maximum absolute atomic E-state index is 12.0. The van der Waals surface area contributed by atoms with E-state index in [1.807, 2.05) is 20.8 Å². The SMILES string of the molecule is CC(c1nc(C(C)(C)C)no1)N1CCN(CCCOCC(F)(F)F)CC1. The molecule has 1 saturated heterocycles. The fourth-order valence-electron chi connectivity index (χ4n) is 2.82. The van der Waals surface area contributed by atoms with E-state index < -0.39 is 12.8 Å². The molecule has 2 rings (SSSR count). The summed E-state index contributed by atoms with van der Waals surface area (Å²) in [6, 6.07) is 0.0517. The van der Waals surface area contributed by atoms with Gasteiger partial charge in [-0.05, 0) is 13.3 Å². The standard InChI is InChI=1S/C17H29F3N4O2/c1-13(14-21-15(22-26-14)16(2,3)4)24-9-7-23(8-10-24)6-5-11-25-12-17(18,19)20/h13H,5-12H2,1-4H3. The number of ether oxygens (including phenoxy) is 1. The van der Waals surface area contributed by atoms with Gasteiger partial charge in [-0.2, -0.15) is 18.2 Å². The highest BCUT2D eigenvalue weighted by Crippen LogP contribution is 2.24. The van der Waals surface area contributed by atoms with Crippen molar-refractivity contribution in [3.63, 3.8) is 0 Å². The van der Waals surface area contributed by atoms with Crippen molar-refractivity contribution < 1.29 is 22.4 Å². The van der Waals surface area contributed by atoms with Crippen LogP contribution in [0.1, 0.15) is 51.9 Å². The summed E-state index contributed by atoms with van der Waals surface area (Å²) in [5.41, 5.74) is -0.144. The summed E-state index contributed by atoms with van der Waals surface area (Å²) in [5.74, 6) is 1.33. The van der Waals surface area contributed by atoms with Crippen LogP contribution in [0.5, 0.6) is 0 Å². The second-order valence-corrected chi connectivity index (χ2v) is 7.78. The van der Waals surface area contributed by atoms with E-state index in [-0.39, 0.29) is 18.1 Å². The van der Waals surface area contributed by atoms with Gasteiger partial charge in [-0.25, -0.2) is 0 Å². The number of alkyl halides is 3. The number of halogens is 3. The van der Waals surface area contributed by atoms with Crippen molar-refractivity contribution in [3.8, 4) is 0 Å². The Morgan fingerprint density at radius 3 is 2.35 bits per heavy atom. The van der Waals surface area contributed by atoms with Gasteiger partial charge in [-0.1, -0.05) is 25.9 Å². The maximum Gasteiger partial charge on any atom is 0.411 e. The molecule has 1 unspecified atom stereocenters. The fraction of sp³-hybridized carbons (Fsp3) is 0.882. The number of rotatable bonds is 7. The summed E-state index contributed by atoms with van der Waals surface area (Å²) < 4.78 is 46.1. The highest BCUT2D eigenvalue weighted by molar-refractivity contribution is 5.02. The lowest BCUT2D eigenvalue weighted by Crippen LogP contribution is -2.47. The van der Waals surface area contributed by atoms with Gasteiger partial charge in [0.15, 0.2) is 5.82 Å². The Morgan fingerprint density at radius 1 is 1.15 bits per heavy atom. The molecule has 1 aromatic heterocycles. The lowest BCUT2D eigenvalue weighted by molar-refractivity contribution is -0.174. The number of piperazine rings is 1. The molecule has 1 aliphatic heterocycles. The van der Waals surface area contributed by atoms with Gasteiger partial charge in [0.25, 0.3) is 0 Å². The van der Waals surface area contributed by atoms with Crippen LogP contribution in [0.15, 0.2) is 4.52 Å². The van der Waals surface area contributed by atoms with Crippen molar-refractivity contribution >= 4 is 0 Å². The first-order valence-corrected chi connectivity index (χ1v) is 9.01. The summed E-state index contributed by atoms with van der Waals surface area (Å²) in [7, 11) is 0. The van der Waals surface area contributed by atoms with Crippen molar-refractivity contribution in [1.82, 2.24) is 19.9 Å². The summed E-state index contributed by atoms with van der Waals surface area (Å²) >= 11 is 0. The molecule has 0 saturated carbocycles. The second kappa shape index (κ2) is 8.67. The maximum atomic E-state index is 12.0. The van der Waals surface area contributed by atoms with Crippen molar-refractivity contribution in [2.24, 2.45) is 0 Å². The molecule has 6 nitrogen and oxygen atoms in total. The molecule has 1 aromatic rings. The molecule has 1 atom stereocenters. The molecule has 0 radical (unpaired) electrons. The molecular weight excluding hydrogens is 349 g/mol. The molecular formula is C17H29F3N4O2. The Balaban J connectivity index is 1.70. The average molecular weight is 378 g/mol. The van der Waals surface area contributed by atoms with Crippen LogP contribution in [0.25, 0.3) is 0 Å². The average Bonchev–Trinajstić information content (AvgIpc) is 3.03. The van der Waals surface area contributed by atoms with Gasteiger partial charge >= 0.3 is 6.18 Å². The van der Waals surface area contributed by atoms with Crippen LogP contribution in [0, 0.1) is 0 Å². The van der Waals surface area contributed by atoms with E-state index in [1.54, 1.807) is 0 Å². The highest BCUT2D eigenvalue weighted by atomic mass is 19.4. The Kier molecular flexibility index (Phi) is 7.04. The van der Waals surface area contributed by atoms with Gasteiger partial charge in [0.1, 0.15) is 6.61 Å². The molecule has 1 aliphatic rings. The zero-order valence-corrected chi connectivity index (χ0v) is 16.0. The quantitative estimate of drug-likeness (QED) is 0.680. The minimum atomic E-state index is -4.25. The van der Waals surface area contributed by atoms with E-state index in [0.717, 1.165) is 32.7 Å². The first-order chi connectivity index (χ1) is 12.1. The van der Waals surface area contributed by atoms with E-state index in [1.165, 1.54) is 0 Å². The van der Waals surface area contributed by atoms with Gasteiger partial charge in [-0.3, -0.25) is 4.90 Å². The Labute approximate surface area is 152 Å². The van der Waals surface area contributed by atoms with Crippen LogP contribution in [0.4, 0.5) is 13.2 Å². The third-order valence-electron chi connectivity index (χ3n) is 4.45. The third-order valence-corrected chi connectivity index (χ3v) is 4.45. The second-order valence-electron chi connectivity index (χ2n) is 7.78. The molecule has 0 bridgehead atoms. The van der Waals surface area contributed by atoms with Crippen LogP contribution in [-0.4, -0.2) is 72.1 Å². The van der Waals surface area contributed by atoms with Gasteiger partial charge in [0, 0.05) is 44.7 Å². The molecule has 1 fully saturated rings. The zero-order chi connectivity index (χ0) is 19.4. The number of hydrogen-bond acceptors (Lipinski definition) is 6. The van der Waals surface area contributed by atoms with Crippen molar-refractivity contribution in [2.45, 2.75) is 51.7 Å². The largest absolute Gasteiger partial charge is 0.411 e. The zero-order valence-electron chi connectivity index (χ0n) is 16.0. The first-order valence-electron chi connectivity index (χ1n) is 9.01. The Morgan fingerprint density at radius 2 is 1.81 bits per heavy atom. The molecule has 0 spiro atoms.